The summed E-state index contributed by atoms with van der Waals surface area (Å²) >= 11 is 6.22. The van der Waals surface area contributed by atoms with Gasteiger partial charge in [-0.05, 0) is 43.9 Å². The van der Waals surface area contributed by atoms with Crippen LogP contribution in [0.2, 0.25) is 5.02 Å². The molecular weight excluding hydrogens is 388 g/mol. The summed E-state index contributed by atoms with van der Waals surface area (Å²) in [5, 5.41) is 10.1. The Morgan fingerprint density at radius 3 is 2.41 bits per heavy atom. The third-order valence-electron chi connectivity index (χ3n) is 5.58. The molecule has 4 rings (SSSR count). The zero-order chi connectivity index (χ0) is 20.1. The second-order valence-electron chi connectivity index (χ2n) is 7.71. The maximum Gasteiger partial charge on any atom is 0.315 e. The summed E-state index contributed by atoms with van der Waals surface area (Å²) in [4.78, 5) is 23.4. The quantitative estimate of drug-likeness (QED) is 0.686. The predicted octanol–water partition coefficient (Wildman–Crippen LogP) is 4.08. The smallest absolute Gasteiger partial charge is 0.315 e. The Hall–Kier alpha value is -2.54. The Balaban J connectivity index is 1.29. The molecule has 3 N–H and O–H groups in total. The van der Waals surface area contributed by atoms with Gasteiger partial charge in [0, 0.05) is 31.4 Å². The number of benzene rings is 1. The third-order valence-corrected chi connectivity index (χ3v) is 5.91. The largest absolute Gasteiger partial charge is 0.341 e. The van der Waals surface area contributed by atoms with Crippen molar-refractivity contribution in [1.82, 2.24) is 20.6 Å². The van der Waals surface area contributed by atoms with Crippen LogP contribution in [0.4, 0.5) is 22.2 Å². The van der Waals surface area contributed by atoms with Crippen LogP contribution < -0.4 is 20.9 Å². The minimum Gasteiger partial charge on any atom is -0.341 e. The van der Waals surface area contributed by atoms with Gasteiger partial charge in [0.2, 0.25) is 5.95 Å². The molecular formula is C21H27ClN6O. The van der Waals surface area contributed by atoms with E-state index in [1.54, 1.807) is 6.20 Å². The number of piperidine rings is 1. The van der Waals surface area contributed by atoms with Gasteiger partial charge in [0.15, 0.2) is 0 Å². The molecule has 154 valence electrons. The summed E-state index contributed by atoms with van der Waals surface area (Å²) in [6.07, 6.45) is 8.14. The van der Waals surface area contributed by atoms with E-state index in [1.165, 1.54) is 12.8 Å². The van der Waals surface area contributed by atoms with Crippen LogP contribution in [0, 0.1) is 0 Å². The molecule has 1 aromatic heterocycles. The van der Waals surface area contributed by atoms with E-state index >= 15 is 0 Å². The summed E-state index contributed by atoms with van der Waals surface area (Å²) in [5.74, 6) is 1.40. The molecule has 2 amide bonds. The molecule has 0 spiro atoms. The lowest BCUT2D eigenvalue weighted by molar-refractivity contribution is 0.230. The summed E-state index contributed by atoms with van der Waals surface area (Å²) in [7, 11) is 0. The van der Waals surface area contributed by atoms with E-state index in [2.05, 4.69) is 30.8 Å². The van der Waals surface area contributed by atoms with Crippen LogP contribution in [0.3, 0.4) is 0 Å². The summed E-state index contributed by atoms with van der Waals surface area (Å²) in [5.41, 5.74) is 0.815. The Kier molecular flexibility index (Phi) is 6.34. The number of aromatic nitrogens is 2. The highest BCUT2D eigenvalue weighted by atomic mass is 35.5. The second kappa shape index (κ2) is 9.31. The average Bonchev–Trinajstić information content (AvgIpc) is 3.23. The number of rotatable bonds is 5. The topological polar surface area (TPSA) is 82.2 Å². The van der Waals surface area contributed by atoms with Gasteiger partial charge in [0.25, 0.3) is 0 Å². The third kappa shape index (κ3) is 5.29. The van der Waals surface area contributed by atoms with Gasteiger partial charge in [-0.1, -0.05) is 36.6 Å². The molecule has 2 aliphatic rings. The first-order valence-corrected chi connectivity index (χ1v) is 10.7. The van der Waals surface area contributed by atoms with Crippen molar-refractivity contribution in [2.45, 2.75) is 50.6 Å². The predicted molar refractivity (Wildman–Crippen MR) is 116 cm³/mol. The van der Waals surface area contributed by atoms with E-state index < -0.39 is 0 Å². The average molecular weight is 415 g/mol. The van der Waals surface area contributed by atoms with E-state index in [-0.39, 0.29) is 12.1 Å². The van der Waals surface area contributed by atoms with Gasteiger partial charge in [-0.3, -0.25) is 0 Å². The van der Waals surface area contributed by atoms with Crippen molar-refractivity contribution in [3.63, 3.8) is 0 Å². The van der Waals surface area contributed by atoms with E-state index in [0.717, 1.165) is 44.5 Å². The highest BCUT2D eigenvalue weighted by molar-refractivity contribution is 6.33. The first-order chi connectivity index (χ1) is 14.2. The van der Waals surface area contributed by atoms with Crippen LogP contribution in [-0.2, 0) is 0 Å². The van der Waals surface area contributed by atoms with E-state index in [1.807, 2.05) is 30.3 Å². The molecule has 2 heterocycles. The van der Waals surface area contributed by atoms with Crippen molar-refractivity contribution < 1.29 is 4.79 Å². The van der Waals surface area contributed by atoms with Gasteiger partial charge in [-0.15, -0.1) is 0 Å². The first kappa shape index (κ1) is 19.8. The number of carbonyl (C=O) groups is 1. The number of anilines is 3. The molecule has 2 aromatic rings. The van der Waals surface area contributed by atoms with Crippen LogP contribution in [0.15, 0.2) is 36.5 Å². The summed E-state index contributed by atoms with van der Waals surface area (Å²) in [6, 6.07) is 9.91. The minimum absolute atomic E-state index is 0.0301. The van der Waals surface area contributed by atoms with Crippen molar-refractivity contribution in [2.75, 3.05) is 23.3 Å². The molecule has 8 heteroatoms. The second-order valence-corrected chi connectivity index (χ2v) is 8.11. The normalized spacial score (nSPS) is 17.9. The Labute approximate surface area is 176 Å². The number of hydrogen-bond acceptors (Lipinski definition) is 5. The highest BCUT2D eigenvalue weighted by Gasteiger charge is 2.24. The lowest BCUT2D eigenvalue weighted by atomic mass is 10.1. The molecule has 2 fully saturated rings. The van der Waals surface area contributed by atoms with Crippen LogP contribution in [-0.4, -0.2) is 41.2 Å². The number of halogens is 1. The van der Waals surface area contributed by atoms with E-state index in [0.29, 0.717) is 22.8 Å². The van der Waals surface area contributed by atoms with Gasteiger partial charge in [-0.25, -0.2) is 9.78 Å². The van der Waals surface area contributed by atoms with E-state index in [9.17, 15) is 4.79 Å². The SMILES string of the molecule is O=C(NC1CCCC1)NC1CCN(c2nccc(Nc3ccccc3Cl)n2)CC1. The van der Waals surface area contributed by atoms with Crippen LogP contribution in [0.1, 0.15) is 38.5 Å². The standard InChI is InChI=1S/C21H27ClN6O/c22-17-7-3-4-8-18(17)26-19-9-12-23-20(27-19)28-13-10-16(11-14-28)25-21(29)24-15-5-1-2-6-15/h3-4,7-9,12,15-16H,1-2,5-6,10-11,13-14H2,(H,23,26,27)(H2,24,25,29). The number of amides is 2. The Morgan fingerprint density at radius 2 is 1.69 bits per heavy atom. The number of nitrogens with zero attached hydrogens (tertiary/aromatic N) is 3. The molecule has 1 aromatic carbocycles. The van der Waals surface area contributed by atoms with Crippen molar-refractivity contribution in [2.24, 2.45) is 0 Å². The molecule has 7 nitrogen and oxygen atoms in total. The van der Waals surface area contributed by atoms with Crippen LogP contribution in [0.25, 0.3) is 0 Å². The van der Waals surface area contributed by atoms with Crippen molar-refractivity contribution in [1.29, 1.82) is 0 Å². The molecule has 0 bridgehead atoms. The minimum atomic E-state index is -0.0301. The van der Waals surface area contributed by atoms with Crippen LogP contribution >= 0.6 is 11.6 Å². The number of urea groups is 1. The van der Waals surface area contributed by atoms with Crippen molar-refractivity contribution in [3.05, 3.63) is 41.6 Å². The van der Waals surface area contributed by atoms with Crippen molar-refractivity contribution >= 4 is 35.1 Å². The molecule has 1 aliphatic carbocycles. The Bertz CT molecular complexity index is 833. The first-order valence-electron chi connectivity index (χ1n) is 10.3. The van der Waals surface area contributed by atoms with E-state index in [4.69, 9.17) is 11.6 Å². The zero-order valence-electron chi connectivity index (χ0n) is 16.4. The molecule has 1 saturated carbocycles. The molecule has 29 heavy (non-hydrogen) atoms. The summed E-state index contributed by atoms with van der Waals surface area (Å²) < 4.78 is 0. The molecule has 0 unspecified atom stereocenters. The summed E-state index contributed by atoms with van der Waals surface area (Å²) in [6.45, 7) is 1.62. The van der Waals surface area contributed by atoms with Crippen LogP contribution in [0.5, 0.6) is 0 Å². The van der Waals surface area contributed by atoms with Gasteiger partial charge >= 0.3 is 6.03 Å². The fraction of sp³-hybridized carbons (Fsp3) is 0.476. The molecule has 1 aliphatic heterocycles. The fourth-order valence-corrected chi connectivity index (χ4v) is 4.16. The monoisotopic (exact) mass is 414 g/mol. The number of nitrogens with one attached hydrogen (secondary N) is 3. The van der Waals surface area contributed by atoms with Crippen molar-refractivity contribution in [3.8, 4) is 0 Å². The number of carbonyl (C=O) groups excluding carboxylic acids is 1. The molecule has 0 atom stereocenters. The highest BCUT2D eigenvalue weighted by Crippen LogP contribution is 2.25. The molecule has 0 radical (unpaired) electrons. The lowest BCUT2D eigenvalue weighted by Gasteiger charge is -2.32. The number of para-hydroxylation sites is 1. The van der Waals surface area contributed by atoms with Gasteiger partial charge in [0.05, 0.1) is 10.7 Å². The molecule has 1 saturated heterocycles. The van der Waals surface area contributed by atoms with Gasteiger partial charge in [0.1, 0.15) is 5.82 Å². The maximum atomic E-state index is 12.2. The Morgan fingerprint density at radius 1 is 1.00 bits per heavy atom. The maximum absolute atomic E-state index is 12.2. The van der Waals surface area contributed by atoms with Gasteiger partial charge in [-0.2, -0.15) is 4.98 Å². The lowest BCUT2D eigenvalue weighted by Crippen LogP contribution is -2.49. The zero-order valence-corrected chi connectivity index (χ0v) is 17.2. The van der Waals surface area contributed by atoms with Gasteiger partial charge < -0.3 is 20.9 Å². The fourth-order valence-electron chi connectivity index (χ4n) is 3.98. The number of hydrogen-bond donors (Lipinski definition) is 3.